The predicted octanol–water partition coefficient (Wildman–Crippen LogP) is 4.23. The molecule has 16 heteroatoms. The van der Waals surface area contributed by atoms with Gasteiger partial charge in [-0.3, -0.25) is 4.79 Å². The largest absolute Gasteiger partial charge is 0.493 e. The Morgan fingerprint density at radius 3 is 1.82 bits per heavy atom. The quantitative estimate of drug-likeness (QED) is 0.0955. The first-order valence-corrected chi connectivity index (χ1v) is 18.2. The first-order valence-electron chi connectivity index (χ1n) is 18.2. The second kappa shape index (κ2) is 20.9. The number of aliphatic hydroxyl groups is 3. The van der Waals surface area contributed by atoms with Crippen molar-refractivity contribution in [3.05, 3.63) is 35.4 Å². The minimum absolute atomic E-state index is 0.0367. The molecule has 0 unspecified atom stereocenters. The van der Waals surface area contributed by atoms with Crippen LogP contribution in [-0.2, 0) is 14.3 Å². The van der Waals surface area contributed by atoms with Gasteiger partial charge in [0.05, 0.1) is 53.8 Å². The maximum absolute atomic E-state index is 14.6. The summed E-state index contributed by atoms with van der Waals surface area (Å²) < 4.78 is 45.2. The van der Waals surface area contributed by atoms with E-state index in [0.29, 0.717) is 24.2 Å². The SMILES string of the molecule is CCC(CC)CC(=O)c1c(C(=O)OC)c(-c2ccc(OC)c(OC)c2)c2c(OC)c(OC)c(OC)cc2c1O[C@@H]1O[C@H](C(=O)O)[C@@H](O)[C@H](O)[C@H]1O.CCNCC. The van der Waals surface area contributed by atoms with Crippen LogP contribution in [0.1, 0.15) is 67.7 Å². The van der Waals surface area contributed by atoms with Gasteiger partial charge in [0, 0.05) is 22.8 Å². The van der Waals surface area contributed by atoms with Gasteiger partial charge in [0.25, 0.3) is 0 Å². The number of Topliss-reactive ketones (excluding diaryl/α,β-unsaturated/α-hetero) is 1. The summed E-state index contributed by atoms with van der Waals surface area (Å²) >= 11 is 0. The van der Waals surface area contributed by atoms with Crippen LogP contribution in [-0.4, -0.2) is 125 Å². The van der Waals surface area contributed by atoms with E-state index in [9.17, 15) is 34.8 Å². The number of nitrogens with one attached hydrogen (secondary N) is 1. The highest BCUT2D eigenvalue weighted by molar-refractivity contribution is 6.21. The lowest BCUT2D eigenvalue weighted by Crippen LogP contribution is -2.61. The molecule has 5 atom stereocenters. The second-order valence-corrected chi connectivity index (χ2v) is 12.7. The Morgan fingerprint density at radius 1 is 0.732 bits per heavy atom. The summed E-state index contributed by atoms with van der Waals surface area (Å²) in [6, 6.07) is 6.29. The van der Waals surface area contributed by atoms with Crippen molar-refractivity contribution in [3.63, 3.8) is 0 Å². The van der Waals surface area contributed by atoms with Gasteiger partial charge >= 0.3 is 11.9 Å². The van der Waals surface area contributed by atoms with Crippen LogP contribution >= 0.6 is 0 Å². The molecule has 56 heavy (non-hydrogen) atoms. The average Bonchev–Trinajstić information content (AvgIpc) is 3.21. The fourth-order valence-corrected chi connectivity index (χ4v) is 6.51. The Bertz CT molecular complexity index is 1820. The van der Waals surface area contributed by atoms with Gasteiger partial charge in [0.2, 0.25) is 12.0 Å². The van der Waals surface area contributed by atoms with Crippen LogP contribution in [0.15, 0.2) is 24.3 Å². The van der Waals surface area contributed by atoms with Gasteiger partial charge in [0.1, 0.15) is 24.1 Å². The summed E-state index contributed by atoms with van der Waals surface area (Å²) in [6.07, 6.45) is -8.88. The number of carbonyl (C=O) groups excluding carboxylic acids is 2. The number of rotatable bonds is 17. The van der Waals surface area contributed by atoms with E-state index in [1.54, 1.807) is 18.2 Å². The summed E-state index contributed by atoms with van der Waals surface area (Å²) in [5, 5.41) is 45.1. The first-order chi connectivity index (χ1) is 26.8. The van der Waals surface area contributed by atoms with E-state index in [1.807, 2.05) is 13.8 Å². The molecule has 3 aromatic carbocycles. The number of hydrogen-bond donors (Lipinski definition) is 5. The molecule has 1 saturated heterocycles. The third-order valence-corrected chi connectivity index (χ3v) is 9.57. The van der Waals surface area contributed by atoms with E-state index in [-0.39, 0.29) is 68.5 Å². The maximum atomic E-state index is 14.6. The van der Waals surface area contributed by atoms with Crippen molar-refractivity contribution < 1.29 is 72.7 Å². The molecule has 310 valence electrons. The third kappa shape index (κ3) is 9.38. The van der Waals surface area contributed by atoms with Gasteiger partial charge in [-0.25, -0.2) is 9.59 Å². The molecule has 0 radical (unpaired) electrons. The van der Waals surface area contributed by atoms with E-state index in [2.05, 4.69) is 19.2 Å². The number of esters is 1. The molecule has 0 spiro atoms. The first kappa shape index (κ1) is 45.5. The smallest absolute Gasteiger partial charge is 0.339 e. The number of carboxylic acid groups (broad SMARTS) is 1. The van der Waals surface area contributed by atoms with Crippen LogP contribution in [0.5, 0.6) is 34.5 Å². The molecular formula is C40H55NO15. The summed E-state index contributed by atoms with van der Waals surface area (Å²) in [5.41, 5.74) is -0.0667. The Morgan fingerprint density at radius 2 is 1.34 bits per heavy atom. The lowest BCUT2D eigenvalue weighted by Gasteiger charge is -2.39. The molecule has 0 aliphatic carbocycles. The Hall–Kier alpha value is -4.87. The Labute approximate surface area is 326 Å². The standard InChI is InChI=1S/C36H44O15.C4H11N/c1-9-16(10-2)13-19(37)25-26(35(43)49-8)23(17-11-12-20(44-3)21(14-17)45-4)24-18(15-22(46-5)31(47-6)32(24)48-7)30(25)50-36-29(40)27(38)28(39)33(51-36)34(41)42;1-3-5-4-2/h11-12,14-16,27-29,33,36,38-40H,9-10,13H2,1-8H3,(H,41,42);5H,3-4H2,1-2H3/t27-,28-,29+,33-,36+;/m0./s1. The number of carbonyl (C=O) groups is 3. The number of aliphatic carboxylic acids is 1. The molecule has 0 saturated carbocycles. The van der Waals surface area contributed by atoms with Crippen molar-refractivity contribution in [1.29, 1.82) is 0 Å². The highest BCUT2D eigenvalue weighted by Gasteiger charge is 2.49. The van der Waals surface area contributed by atoms with Gasteiger partial charge in [-0.05, 0) is 42.8 Å². The van der Waals surface area contributed by atoms with Crippen LogP contribution in [0.3, 0.4) is 0 Å². The molecule has 1 heterocycles. The Kier molecular flexibility index (Phi) is 17.0. The highest BCUT2D eigenvalue weighted by Crippen LogP contribution is 2.53. The van der Waals surface area contributed by atoms with Crippen molar-refractivity contribution in [2.24, 2.45) is 5.92 Å². The summed E-state index contributed by atoms with van der Waals surface area (Å²) in [5.74, 6) is -2.73. The molecule has 0 bridgehead atoms. The molecule has 1 aliphatic heterocycles. The van der Waals surface area contributed by atoms with E-state index in [4.69, 9.17) is 37.9 Å². The topological polar surface area (TPSA) is 218 Å². The zero-order chi connectivity index (χ0) is 41.9. The van der Waals surface area contributed by atoms with Gasteiger partial charge in [-0.1, -0.05) is 46.6 Å². The second-order valence-electron chi connectivity index (χ2n) is 12.7. The van der Waals surface area contributed by atoms with Crippen molar-refractivity contribution >= 4 is 28.5 Å². The van der Waals surface area contributed by atoms with Crippen LogP contribution in [0, 0.1) is 5.92 Å². The van der Waals surface area contributed by atoms with Crippen LogP contribution < -0.4 is 33.7 Å². The highest BCUT2D eigenvalue weighted by atomic mass is 16.7. The molecule has 16 nitrogen and oxygen atoms in total. The summed E-state index contributed by atoms with van der Waals surface area (Å²) in [7, 11) is 8.12. The van der Waals surface area contributed by atoms with Gasteiger partial charge in [0.15, 0.2) is 34.9 Å². The minimum Gasteiger partial charge on any atom is -0.493 e. The summed E-state index contributed by atoms with van der Waals surface area (Å²) in [6.45, 7) is 10.2. The number of aliphatic hydroxyl groups excluding tert-OH is 3. The molecule has 1 aliphatic rings. The van der Waals surface area contributed by atoms with E-state index >= 15 is 0 Å². The zero-order valence-electron chi connectivity index (χ0n) is 33.6. The number of fused-ring (bicyclic) bond motifs is 1. The molecular weight excluding hydrogens is 734 g/mol. The van der Waals surface area contributed by atoms with Crippen LogP contribution in [0.25, 0.3) is 21.9 Å². The van der Waals surface area contributed by atoms with Crippen molar-refractivity contribution in [2.45, 2.75) is 77.7 Å². The van der Waals surface area contributed by atoms with Gasteiger partial charge < -0.3 is 63.6 Å². The zero-order valence-corrected chi connectivity index (χ0v) is 33.6. The molecule has 3 aromatic rings. The number of methoxy groups -OCH3 is 6. The van der Waals surface area contributed by atoms with Crippen molar-refractivity contribution in [3.8, 4) is 45.6 Å². The molecule has 0 amide bonds. The van der Waals surface area contributed by atoms with Crippen molar-refractivity contribution in [1.82, 2.24) is 5.32 Å². The molecule has 4 rings (SSSR count). The monoisotopic (exact) mass is 789 g/mol. The number of benzene rings is 3. The maximum Gasteiger partial charge on any atom is 0.339 e. The fourth-order valence-electron chi connectivity index (χ4n) is 6.51. The number of ether oxygens (including phenoxy) is 8. The van der Waals surface area contributed by atoms with E-state index < -0.39 is 48.4 Å². The molecule has 5 N–H and O–H groups in total. The number of carboxylic acids is 1. The van der Waals surface area contributed by atoms with Gasteiger partial charge in [-0.15, -0.1) is 0 Å². The number of hydrogen-bond acceptors (Lipinski definition) is 15. The minimum atomic E-state index is -2.03. The summed E-state index contributed by atoms with van der Waals surface area (Å²) in [4.78, 5) is 40.7. The van der Waals surface area contributed by atoms with E-state index in [1.165, 1.54) is 41.6 Å². The van der Waals surface area contributed by atoms with Crippen LogP contribution in [0.2, 0.25) is 0 Å². The molecule has 0 aromatic heterocycles. The lowest BCUT2D eigenvalue weighted by atomic mass is 9.84. The average molecular weight is 790 g/mol. The van der Waals surface area contributed by atoms with E-state index in [0.717, 1.165) is 20.2 Å². The Balaban J connectivity index is 0.00000158. The predicted molar refractivity (Wildman–Crippen MR) is 206 cm³/mol. The lowest BCUT2D eigenvalue weighted by molar-refractivity contribution is -0.270. The number of ketones is 1. The van der Waals surface area contributed by atoms with Gasteiger partial charge in [-0.2, -0.15) is 0 Å². The normalized spacial score (nSPS) is 19.1. The molecule has 1 fully saturated rings. The van der Waals surface area contributed by atoms with Crippen LogP contribution in [0.4, 0.5) is 0 Å². The fraction of sp³-hybridized carbons (Fsp3) is 0.525. The third-order valence-electron chi connectivity index (χ3n) is 9.57. The van der Waals surface area contributed by atoms with Crippen molar-refractivity contribution in [2.75, 3.05) is 55.7 Å².